The van der Waals surface area contributed by atoms with E-state index in [0.717, 1.165) is 23.3 Å². The standard InChI is InChI=1S/C16H17ClFNO/c1-11-5-6-15(12(9-11)7-8-19)20-10-13-3-2-4-14(18)16(13)17/h2-6,9H,7-8,10,19H2,1H3. The molecule has 4 heteroatoms. The lowest BCUT2D eigenvalue weighted by Crippen LogP contribution is -2.06. The van der Waals surface area contributed by atoms with Crippen LogP contribution in [0.25, 0.3) is 0 Å². The second kappa shape index (κ2) is 6.73. The molecule has 2 aromatic rings. The highest BCUT2D eigenvalue weighted by Crippen LogP contribution is 2.24. The second-order valence-corrected chi connectivity index (χ2v) is 5.03. The third-order valence-electron chi connectivity index (χ3n) is 3.04. The molecule has 0 bridgehead atoms. The molecule has 0 radical (unpaired) electrons. The van der Waals surface area contributed by atoms with Crippen molar-refractivity contribution >= 4 is 11.6 Å². The van der Waals surface area contributed by atoms with Gasteiger partial charge in [0, 0.05) is 5.56 Å². The van der Waals surface area contributed by atoms with Crippen LogP contribution in [0.5, 0.6) is 5.75 Å². The number of nitrogens with two attached hydrogens (primary N) is 1. The molecule has 20 heavy (non-hydrogen) atoms. The number of benzene rings is 2. The molecule has 0 aliphatic heterocycles. The molecule has 0 spiro atoms. The van der Waals surface area contributed by atoms with Crippen LogP contribution >= 0.6 is 11.6 Å². The van der Waals surface area contributed by atoms with Crippen molar-refractivity contribution in [2.24, 2.45) is 5.73 Å². The SMILES string of the molecule is Cc1ccc(OCc2cccc(F)c2Cl)c(CCN)c1. The van der Waals surface area contributed by atoms with E-state index in [4.69, 9.17) is 22.1 Å². The van der Waals surface area contributed by atoms with Crippen molar-refractivity contribution in [2.75, 3.05) is 6.54 Å². The highest BCUT2D eigenvalue weighted by atomic mass is 35.5. The Morgan fingerprint density at radius 3 is 2.75 bits per heavy atom. The smallest absolute Gasteiger partial charge is 0.142 e. The highest BCUT2D eigenvalue weighted by molar-refractivity contribution is 6.31. The summed E-state index contributed by atoms with van der Waals surface area (Å²) in [5, 5.41) is 0.111. The van der Waals surface area contributed by atoms with Gasteiger partial charge in [-0.15, -0.1) is 0 Å². The summed E-state index contributed by atoms with van der Waals surface area (Å²) in [5.41, 5.74) is 8.45. The topological polar surface area (TPSA) is 35.2 Å². The van der Waals surface area contributed by atoms with Crippen LogP contribution in [0, 0.1) is 12.7 Å². The van der Waals surface area contributed by atoms with Crippen molar-refractivity contribution in [3.63, 3.8) is 0 Å². The molecule has 0 heterocycles. The normalized spacial score (nSPS) is 10.6. The molecule has 0 fully saturated rings. The molecule has 2 N–H and O–H groups in total. The van der Waals surface area contributed by atoms with Gasteiger partial charge in [0.05, 0.1) is 5.02 Å². The van der Waals surface area contributed by atoms with Gasteiger partial charge < -0.3 is 10.5 Å². The van der Waals surface area contributed by atoms with Crippen molar-refractivity contribution in [3.05, 3.63) is 63.9 Å². The van der Waals surface area contributed by atoms with Gasteiger partial charge >= 0.3 is 0 Å². The number of ether oxygens (including phenoxy) is 1. The van der Waals surface area contributed by atoms with Crippen LogP contribution < -0.4 is 10.5 Å². The van der Waals surface area contributed by atoms with Crippen LogP contribution in [0.15, 0.2) is 36.4 Å². The molecule has 0 saturated carbocycles. The van der Waals surface area contributed by atoms with Gasteiger partial charge in [0.15, 0.2) is 0 Å². The Labute approximate surface area is 123 Å². The van der Waals surface area contributed by atoms with Crippen LogP contribution in [-0.2, 0) is 13.0 Å². The summed E-state index contributed by atoms with van der Waals surface area (Å²) in [5.74, 6) is 0.334. The van der Waals surface area contributed by atoms with Crippen LogP contribution in [0.2, 0.25) is 5.02 Å². The van der Waals surface area contributed by atoms with Crippen LogP contribution in [-0.4, -0.2) is 6.54 Å². The van der Waals surface area contributed by atoms with E-state index in [1.807, 2.05) is 19.1 Å². The minimum absolute atomic E-state index is 0.111. The van der Waals surface area contributed by atoms with E-state index < -0.39 is 5.82 Å². The van der Waals surface area contributed by atoms with Gasteiger partial charge in [0.25, 0.3) is 0 Å². The van der Waals surface area contributed by atoms with E-state index in [2.05, 4.69) is 6.07 Å². The van der Waals surface area contributed by atoms with Crippen LogP contribution in [0.1, 0.15) is 16.7 Å². The molecule has 0 aliphatic carbocycles. The maximum absolute atomic E-state index is 13.4. The average molecular weight is 294 g/mol. The van der Waals surface area contributed by atoms with Crippen LogP contribution in [0.4, 0.5) is 4.39 Å². The zero-order valence-corrected chi connectivity index (χ0v) is 12.1. The molecule has 0 atom stereocenters. The lowest BCUT2D eigenvalue weighted by Gasteiger charge is -2.13. The Morgan fingerprint density at radius 2 is 2.00 bits per heavy atom. The average Bonchev–Trinajstić information content (AvgIpc) is 2.42. The lowest BCUT2D eigenvalue weighted by molar-refractivity contribution is 0.302. The van der Waals surface area contributed by atoms with Crippen molar-refractivity contribution in [1.29, 1.82) is 0 Å². The first kappa shape index (κ1) is 14.8. The molecule has 2 aromatic carbocycles. The van der Waals surface area contributed by atoms with E-state index in [-0.39, 0.29) is 11.6 Å². The fourth-order valence-corrected chi connectivity index (χ4v) is 2.20. The van der Waals surface area contributed by atoms with E-state index in [9.17, 15) is 4.39 Å². The number of rotatable bonds is 5. The van der Waals surface area contributed by atoms with Gasteiger partial charge in [-0.25, -0.2) is 4.39 Å². The monoisotopic (exact) mass is 293 g/mol. The van der Waals surface area contributed by atoms with Crippen molar-refractivity contribution in [1.82, 2.24) is 0 Å². The molecule has 2 rings (SSSR count). The Bertz CT molecular complexity index is 601. The van der Waals surface area contributed by atoms with Gasteiger partial charge in [-0.1, -0.05) is 41.4 Å². The summed E-state index contributed by atoms with van der Waals surface area (Å²) in [6, 6.07) is 10.6. The Balaban J connectivity index is 2.16. The minimum Gasteiger partial charge on any atom is -0.489 e. The van der Waals surface area contributed by atoms with Gasteiger partial charge in [0.1, 0.15) is 18.2 Å². The Kier molecular flexibility index (Phi) is 4.99. The largest absolute Gasteiger partial charge is 0.489 e. The van der Waals surface area contributed by atoms with Gasteiger partial charge in [-0.3, -0.25) is 0 Å². The first-order valence-corrected chi connectivity index (χ1v) is 6.85. The Hall–Kier alpha value is -1.58. The van der Waals surface area contributed by atoms with Crippen molar-refractivity contribution < 1.29 is 9.13 Å². The highest BCUT2D eigenvalue weighted by Gasteiger charge is 2.08. The molecular weight excluding hydrogens is 277 g/mol. The van der Waals surface area contributed by atoms with Gasteiger partial charge in [-0.05, 0) is 37.6 Å². The molecule has 0 aliphatic rings. The summed E-state index contributed by atoms with van der Waals surface area (Å²) in [4.78, 5) is 0. The summed E-state index contributed by atoms with van der Waals surface area (Å²) in [7, 11) is 0. The number of hydrogen-bond donors (Lipinski definition) is 1. The van der Waals surface area contributed by atoms with Gasteiger partial charge in [0.2, 0.25) is 0 Å². The van der Waals surface area contributed by atoms with E-state index >= 15 is 0 Å². The lowest BCUT2D eigenvalue weighted by atomic mass is 10.1. The summed E-state index contributed by atoms with van der Waals surface area (Å²) < 4.78 is 19.1. The van der Waals surface area contributed by atoms with E-state index in [0.29, 0.717) is 12.1 Å². The fraction of sp³-hybridized carbons (Fsp3) is 0.250. The number of hydrogen-bond acceptors (Lipinski definition) is 2. The first-order chi connectivity index (χ1) is 9.61. The van der Waals surface area contributed by atoms with Crippen LogP contribution in [0.3, 0.4) is 0 Å². The van der Waals surface area contributed by atoms with E-state index in [1.54, 1.807) is 12.1 Å². The predicted octanol–water partition coefficient (Wildman–Crippen LogP) is 3.87. The fourth-order valence-electron chi connectivity index (χ4n) is 2.02. The third kappa shape index (κ3) is 3.50. The third-order valence-corrected chi connectivity index (χ3v) is 3.47. The van der Waals surface area contributed by atoms with Crippen molar-refractivity contribution in [2.45, 2.75) is 20.0 Å². The second-order valence-electron chi connectivity index (χ2n) is 4.65. The quantitative estimate of drug-likeness (QED) is 0.908. The summed E-state index contributed by atoms with van der Waals surface area (Å²) >= 11 is 5.91. The van der Waals surface area contributed by atoms with Gasteiger partial charge in [-0.2, -0.15) is 0 Å². The maximum atomic E-state index is 13.4. The maximum Gasteiger partial charge on any atom is 0.142 e. The molecule has 0 amide bonds. The first-order valence-electron chi connectivity index (χ1n) is 6.47. The molecule has 0 unspecified atom stereocenters. The zero-order valence-electron chi connectivity index (χ0n) is 11.3. The molecule has 0 saturated heterocycles. The van der Waals surface area contributed by atoms with E-state index in [1.165, 1.54) is 6.07 Å². The zero-order chi connectivity index (χ0) is 14.5. The number of aryl methyl sites for hydroxylation is 1. The molecule has 106 valence electrons. The Morgan fingerprint density at radius 1 is 1.20 bits per heavy atom. The summed E-state index contributed by atoms with van der Waals surface area (Å²) in [6.07, 6.45) is 0.744. The van der Waals surface area contributed by atoms with Crippen molar-refractivity contribution in [3.8, 4) is 5.75 Å². The predicted molar refractivity (Wildman–Crippen MR) is 79.7 cm³/mol. The minimum atomic E-state index is -0.432. The molecule has 2 nitrogen and oxygen atoms in total. The molecule has 0 aromatic heterocycles. The number of halogens is 2. The molecular formula is C16H17ClFNO. The summed E-state index contributed by atoms with van der Waals surface area (Å²) in [6.45, 7) is 2.81.